The van der Waals surface area contributed by atoms with Crippen LogP contribution < -0.4 is 0 Å². The lowest BCUT2D eigenvalue weighted by atomic mass is 11.9. The van der Waals surface area contributed by atoms with Crippen LogP contribution in [-0.2, 0) is 202 Å². The third-order valence-electron chi connectivity index (χ3n) is 18.8. The molecule has 0 fully saturated rings. The molecule has 0 aliphatic heterocycles. The van der Waals surface area contributed by atoms with Crippen LogP contribution in [0.5, 0.6) is 0 Å². The lowest BCUT2D eigenvalue weighted by Crippen LogP contribution is -2.44. The van der Waals surface area contributed by atoms with Crippen LogP contribution in [0.15, 0.2) is 0 Å². The van der Waals surface area contributed by atoms with Gasteiger partial charge in [-0.15, -0.1) is 0 Å². The van der Waals surface area contributed by atoms with E-state index in [1.165, 1.54) is 0 Å². The average molecular weight is 3010 g/mol. The van der Waals surface area contributed by atoms with Gasteiger partial charge in [-0.2, -0.15) is 0 Å². The maximum Gasteiger partial charge on any atom is 0.306 e. The first-order valence-corrected chi connectivity index (χ1v) is 157. The number of hydrogen-bond donors (Lipinski definition) is 1. The van der Waals surface area contributed by atoms with E-state index in [0.717, 1.165) is 0 Å². The molecule has 0 amide bonds. The zero-order valence-electron chi connectivity index (χ0n) is 99.4. The van der Waals surface area contributed by atoms with Crippen molar-refractivity contribution in [1.29, 1.82) is 0 Å². The molecule has 0 bridgehead atoms. The minimum absolute atomic E-state index is 0.485. The van der Waals surface area contributed by atoms with E-state index in [-0.39, 0.29) is 0 Å². The van der Waals surface area contributed by atoms with Crippen LogP contribution in [0.4, 0.5) is 0 Å². The third kappa shape index (κ3) is 91.7. The summed E-state index contributed by atoms with van der Waals surface area (Å²) in [7, 11) is -100. The van der Waals surface area contributed by atoms with Gasteiger partial charge in [0, 0.05) is 0 Å². The monoisotopic (exact) mass is 3000 g/mol. The van der Waals surface area contributed by atoms with Gasteiger partial charge < -0.3 is 206 Å². The minimum atomic E-state index is -2.13. The predicted molar refractivity (Wildman–Crippen MR) is 707 cm³/mol. The average Bonchev–Trinajstić information content (AvgIpc) is 0.945. The molecule has 0 aromatic carbocycles. The van der Waals surface area contributed by atoms with Crippen molar-refractivity contribution in [2.75, 3.05) is 0 Å². The van der Waals surface area contributed by atoms with E-state index >= 15 is 0 Å². The van der Waals surface area contributed by atoms with Gasteiger partial charge in [0.1, 0.15) is 9.76 Å². The van der Waals surface area contributed by atoms with E-state index in [1.54, 1.807) is 6.55 Å². The molecule has 150 heavy (non-hydrogen) atoms. The molecule has 49 atom stereocenters. The van der Waals surface area contributed by atoms with Crippen LogP contribution in [-0.4, -0.2) is 469 Å². The molecule has 0 aliphatic rings. The van der Waals surface area contributed by atoms with Crippen molar-refractivity contribution in [2.45, 2.75) is 327 Å². The zero-order valence-corrected chi connectivity index (χ0v) is 157. The molecule has 0 aliphatic carbocycles. The van der Waals surface area contributed by atoms with E-state index in [2.05, 4.69) is 13.1 Å². The number of rotatable bonds is 98. The second-order valence-electron chi connectivity index (χ2n) is 34.8. The molecule has 50 nitrogen and oxygen atoms in total. The molecule has 1 N–H and O–H groups in total. The van der Waals surface area contributed by atoms with Gasteiger partial charge in [-0.05, 0) is 321 Å². The summed E-state index contributed by atoms with van der Waals surface area (Å²) < 4.78 is 307. The van der Waals surface area contributed by atoms with Crippen molar-refractivity contribution < 1.29 is 206 Å². The summed E-state index contributed by atoms with van der Waals surface area (Å²) >= 11 is 0. The van der Waals surface area contributed by atoms with Crippen molar-refractivity contribution in [2.24, 2.45) is 0 Å². The third-order valence-corrected chi connectivity index (χ3v) is 169. The quantitative estimate of drug-likeness (QED) is 0.0553. The standard InChI is InChI=1S/C50H202O50Si50/c1-101-52-103(3)54-105(5)56-107(7)58-109(9)60-111(11)62-113(13)64-115(15)66-117(17)68-119(19)70-121(21)72-123(23)74-125(25)76-127(27)78-129(29)80-131(31)82-133(33)84-135(35)86-137(37)88-139(39)90-141(41)92-143(43)94-145(45)96-147(47)98-149(49)100-150(50)99-148(48)97-146(46)95-144(44)93-142(42)91-140(40)89-138(38)87-136(36)85-134(34)83-132(32)81-130(30)79-128(28)77-126(26)75-124(24)73-122(22)71-120(20)69-118(18)67-116(16)65-114(14)63-112(12)61-110(10)59-108(8)57-106(6)55-104(4)53-102(2)51/h51,102-150H,101H2,1-50H3. The smallest absolute Gasteiger partial charge is 0.306 e. The first-order chi connectivity index (χ1) is 69.7. The largest absolute Gasteiger partial charge is 0.444 e. The van der Waals surface area contributed by atoms with Crippen molar-refractivity contribution in [3.05, 3.63) is 0 Å². The molecule has 0 aromatic rings. The van der Waals surface area contributed by atoms with Gasteiger partial charge in [-0.25, -0.2) is 0 Å². The van der Waals surface area contributed by atoms with Crippen LogP contribution in [0.25, 0.3) is 0 Å². The highest BCUT2D eigenvalue weighted by Crippen LogP contribution is 2.18. The summed E-state index contributed by atoms with van der Waals surface area (Å²) in [6, 6.07) is 0. The Kier molecular flexibility index (Phi) is 97.0. The first kappa shape index (κ1) is 159. The van der Waals surface area contributed by atoms with Crippen molar-refractivity contribution in [3.63, 3.8) is 0 Å². The Morgan fingerprint density at radius 1 is 0.0867 bits per heavy atom. The lowest BCUT2D eigenvalue weighted by Gasteiger charge is -2.28. The highest BCUT2D eigenvalue weighted by Gasteiger charge is 2.37. The molecular formula is C50H202O50Si50. The van der Waals surface area contributed by atoms with Gasteiger partial charge in [-0.3, -0.25) is 0 Å². The van der Waals surface area contributed by atoms with Gasteiger partial charge in [0.05, 0.1) is 0 Å². The minimum Gasteiger partial charge on any atom is -0.444 e. The van der Waals surface area contributed by atoms with Crippen molar-refractivity contribution in [3.8, 4) is 0 Å². The van der Waals surface area contributed by atoms with Crippen molar-refractivity contribution in [1.82, 2.24) is 0 Å². The van der Waals surface area contributed by atoms with E-state index < -0.39 is 465 Å². The van der Waals surface area contributed by atoms with Gasteiger partial charge in [0.25, 0.3) is 446 Å². The summed E-state index contributed by atoms with van der Waals surface area (Å²) in [5, 5.41) is 0. The molecule has 49 unspecified atom stereocenters. The highest BCUT2D eigenvalue weighted by atomic mass is 28.5. The molecule has 0 radical (unpaired) electrons. The molecule has 0 rings (SSSR count). The van der Waals surface area contributed by atoms with Crippen LogP contribution in [0, 0.1) is 0 Å². The summed E-state index contributed by atoms with van der Waals surface area (Å²) in [5.41, 5.74) is 0. The Morgan fingerprint density at radius 2 is 0.133 bits per heavy atom. The molecular weight excluding hydrogens is 2800 g/mol. The van der Waals surface area contributed by atoms with E-state index in [0.29, 0.717) is 0 Å². The van der Waals surface area contributed by atoms with Gasteiger partial charge in [0.2, 0.25) is 0 Å². The topological polar surface area (TPSA) is 473 Å². The fraction of sp³-hybridized carbons (Fsp3) is 1.00. The second-order valence-corrected chi connectivity index (χ2v) is 145. The lowest BCUT2D eigenvalue weighted by molar-refractivity contribution is 0.295. The molecule has 100 heteroatoms. The first-order valence-electron chi connectivity index (χ1n) is 52.4. The number of hydrogen-bond acceptors (Lipinski definition) is 50. The molecule has 0 aromatic heterocycles. The van der Waals surface area contributed by atoms with Crippen LogP contribution in [0.1, 0.15) is 0 Å². The van der Waals surface area contributed by atoms with Crippen LogP contribution >= 0.6 is 0 Å². The molecule has 0 saturated heterocycles. The van der Waals surface area contributed by atoms with E-state index in [1.807, 2.05) is 308 Å². The van der Waals surface area contributed by atoms with Gasteiger partial charge in [-0.1, -0.05) is 6.55 Å². The van der Waals surface area contributed by atoms with Crippen molar-refractivity contribution >= 4 is 465 Å². The summed E-state index contributed by atoms with van der Waals surface area (Å²) in [5.74, 6) is 0. The SMILES string of the molecule is C[SiH2]O[SiH](C)O[SiH](C)O[SiH](C)O[SiH](C)O[SiH](C)O[SiH](C)O[SiH](C)O[SiH](C)O[SiH](C)O[SiH](C)O[SiH](C)O[SiH](C)O[SiH](C)O[SiH](C)O[SiH](C)O[SiH](C)O[SiH](C)O[SiH](C)O[SiH](C)O[SiH](C)O[SiH](C)O[SiH](C)O[SiH](C)O[SiH](C)O[SiH](C)O[SiH](C)O[SiH](C)O[SiH](C)O[SiH](C)O[SiH](C)O[SiH](C)O[SiH](C)O[SiH](C)O[SiH](C)O[SiH](C)O[SiH](C)O[SiH](C)O[SiH](C)O[SiH](C)O[SiH](C)O[SiH](C)O[SiH](C)O[SiH](C)O[SiH](C)O[SiH](C)O[SiH](C)O[SiH](C)O[SiH](C)O[SiH](C)O. The Labute approximate surface area is 988 Å². The molecule has 0 heterocycles. The summed E-state index contributed by atoms with van der Waals surface area (Å²) in [4.78, 5) is 9.61. The Balaban J connectivity index is 4.59. The molecule has 902 valence electrons. The summed E-state index contributed by atoms with van der Waals surface area (Å²) in [6.45, 7) is 99.9. The van der Waals surface area contributed by atoms with E-state index in [9.17, 15) is 4.80 Å². The predicted octanol–water partition coefficient (Wildman–Crippen LogP) is -7.41. The van der Waals surface area contributed by atoms with Crippen LogP contribution in [0.2, 0.25) is 327 Å². The maximum absolute atomic E-state index is 9.61. The Hall–Kier alpha value is 8.84. The summed E-state index contributed by atoms with van der Waals surface area (Å²) in [6.07, 6.45) is 0. The zero-order chi connectivity index (χ0) is 115. The van der Waals surface area contributed by atoms with Gasteiger partial charge >= 0.3 is 9.28 Å². The Bertz CT molecular complexity index is 2940. The van der Waals surface area contributed by atoms with Crippen LogP contribution in [0.3, 0.4) is 0 Å². The maximum atomic E-state index is 9.61. The fourth-order valence-electron chi connectivity index (χ4n) is 14.7. The van der Waals surface area contributed by atoms with Gasteiger partial charge in [0.15, 0.2) is 0 Å². The molecule has 0 spiro atoms. The highest BCUT2D eigenvalue weighted by molar-refractivity contribution is 6.82. The fourth-order valence-corrected chi connectivity index (χ4v) is 161. The Morgan fingerprint density at radius 3 is 0.180 bits per heavy atom. The van der Waals surface area contributed by atoms with E-state index in [4.69, 9.17) is 202 Å². The molecule has 0 saturated carbocycles. The normalized spacial score (nSPS) is 22.7. The second kappa shape index (κ2) is 91.6.